The lowest BCUT2D eigenvalue weighted by molar-refractivity contribution is -0.139. The number of hydrogen-bond acceptors (Lipinski definition) is 2. The van der Waals surface area contributed by atoms with Gasteiger partial charge in [0.15, 0.2) is 0 Å². The summed E-state index contributed by atoms with van der Waals surface area (Å²) in [7, 11) is 0. The first-order valence-electron chi connectivity index (χ1n) is 4.25. The predicted molar refractivity (Wildman–Crippen MR) is 52.5 cm³/mol. The zero-order valence-electron chi connectivity index (χ0n) is 7.75. The summed E-state index contributed by atoms with van der Waals surface area (Å²) in [4.78, 5) is 3.89. The highest BCUT2D eigenvalue weighted by atomic mass is 32.1. The molecule has 0 radical (unpaired) electrons. The van der Waals surface area contributed by atoms with E-state index >= 15 is 0 Å². The summed E-state index contributed by atoms with van der Waals surface area (Å²) in [6.07, 6.45) is -3.15. The first-order chi connectivity index (χ1) is 7.48. The Morgan fingerprint density at radius 3 is 2.44 bits per heavy atom. The number of benzene rings is 1. The van der Waals surface area contributed by atoms with Crippen LogP contribution in [0.3, 0.4) is 0 Å². The zero-order chi connectivity index (χ0) is 11.8. The monoisotopic (exact) mass is 247 g/mol. The van der Waals surface area contributed by atoms with Gasteiger partial charge in [-0.15, -0.1) is 11.3 Å². The molecule has 2 aromatic rings. The summed E-state index contributed by atoms with van der Waals surface area (Å²) in [6.45, 7) is 0. The van der Waals surface area contributed by atoms with Gasteiger partial charge in [0.2, 0.25) is 0 Å². The predicted octanol–water partition coefficient (Wildman–Crippen LogP) is 3.97. The molecule has 16 heavy (non-hydrogen) atoms. The van der Waals surface area contributed by atoms with E-state index in [1.807, 2.05) is 0 Å². The summed E-state index contributed by atoms with van der Waals surface area (Å²) in [5, 5.41) is 2.16. The Bertz CT molecular complexity index is 490. The molecular weight excluding hydrogens is 242 g/mol. The highest BCUT2D eigenvalue weighted by molar-refractivity contribution is 7.13. The maximum atomic E-state index is 13.2. The summed E-state index contributed by atoms with van der Waals surface area (Å²) in [5.74, 6) is -1.28. The molecule has 0 spiro atoms. The first-order valence-corrected chi connectivity index (χ1v) is 5.13. The van der Waals surface area contributed by atoms with Gasteiger partial charge in [0, 0.05) is 17.1 Å². The topological polar surface area (TPSA) is 12.9 Å². The summed E-state index contributed by atoms with van der Waals surface area (Å²) < 4.78 is 50.0. The minimum Gasteiger partial charge on any atom is -0.245 e. The van der Waals surface area contributed by atoms with E-state index in [0.717, 1.165) is 12.1 Å². The van der Waals surface area contributed by atoms with Gasteiger partial charge in [-0.2, -0.15) is 13.2 Å². The molecule has 0 saturated carbocycles. The lowest BCUT2D eigenvalue weighted by atomic mass is 10.1. The van der Waals surface area contributed by atoms with Crippen molar-refractivity contribution < 1.29 is 17.6 Å². The van der Waals surface area contributed by atoms with Crippen LogP contribution >= 0.6 is 11.3 Å². The molecule has 0 aliphatic rings. The smallest absolute Gasteiger partial charge is 0.245 e. The molecular formula is C10H5F4NS. The molecule has 0 atom stereocenters. The number of hydrogen-bond donors (Lipinski definition) is 0. The van der Waals surface area contributed by atoms with Gasteiger partial charge in [0.25, 0.3) is 0 Å². The van der Waals surface area contributed by atoms with Gasteiger partial charge in [-0.3, -0.25) is 0 Å². The molecule has 1 nitrogen and oxygen atoms in total. The van der Waals surface area contributed by atoms with Gasteiger partial charge < -0.3 is 0 Å². The number of aromatic nitrogens is 1. The second kappa shape index (κ2) is 3.86. The van der Waals surface area contributed by atoms with E-state index in [4.69, 9.17) is 0 Å². The Morgan fingerprint density at radius 2 is 1.94 bits per heavy atom. The van der Waals surface area contributed by atoms with Crippen LogP contribution < -0.4 is 0 Å². The molecule has 0 saturated heterocycles. The van der Waals surface area contributed by atoms with Crippen LogP contribution in [0.2, 0.25) is 0 Å². The molecule has 1 heterocycles. The van der Waals surface area contributed by atoms with Crippen molar-refractivity contribution in [1.29, 1.82) is 0 Å². The fraction of sp³-hybridized carbons (Fsp3) is 0.100. The van der Waals surface area contributed by atoms with Gasteiger partial charge in [0.1, 0.15) is 10.8 Å². The van der Waals surface area contributed by atoms with E-state index in [1.54, 1.807) is 5.38 Å². The number of halogens is 4. The average Bonchev–Trinajstić information content (AvgIpc) is 2.68. The largest absolute Gasteiger partial charge is 0.419 e. The fourth-order valence-electron chi connectivity index (χ4n) is 1.24. The Labute approximate surface area is 92.4 Å². The maximum Gasteiger partial charge on any atom is 0.419 e. The van der Waals surface area contributed by atoms with Crippen molar-refractivity contribution in [3.63, 3.8) is 0 Å². The van der Waals surface area contributed by atoms with E-state index in [0.29, 0.717) is 10.6 Å². The van der Waals surface area contributed by atoms with Crippen molar-refractivity contribution in [2.75, 3.05) is 0 Å². The molecule has 6 heteroatoms. The number of alkyl halides is 3. The van der Waals surface area contributed by atoms with Gasteiger partial charge >= 0.3 is 6.18 Å². The Morgan fingerprint density at radius 1 is 1.19 bits per heavy atom. The standard InChI is InChI=1S/C10H5F4NS/c11-8-5-6(9-15-3-4-16-9)1-2-7(8)10(12,13)14/h1-5H. The number of nitrogens with zero attached hydrogens (tertiary/aromatic N) is 1. The number of rotatable bonds is 1. The average molecular weight is 247 g/mol. The van der Waals surface area contributed by atoms with E-state index in [2.05, 4.69) is 4.98 Å². The highest BCUT2D eigenvalue weighted by Crippen LogP contribution is 2.33. The lowest BCUT2D eigenvalue weighted by Gasteiger charge is -2.08. The van der Waals surface area contributed by atoms with Crippen LogP contribution in [0.1, 0.15) is 5.56 Å². The van der Waals surface area contributed by atoms with Crippen LogP contribution in [-0.4, -0.2) is 4.98 Å². The minimum atomic E-state index is -4.66. The fourth-order valence-corrected chi connectivity index (χ4v) is 1.88. The molecule has 0 unspecified atom stereocenters. The highest BCUT2D eigenvalue weighted by Gasteiger charge is 2.33. The third kappa shape index (κ3) is 2.06. The first kappa shape index (κ1) is 11.1. The van der Waals surface area contributed by atoms with Gasteiger partial charge in [-0.1, -0.05) is 6.07 Å². The molecule has 0 bridgehead atoms. The van der Waals surface area contributed by atoms with Crippen molar-refractivity contribution >= 4 is 11.3 Å². The number of thiazole rings is 1. The molecule has 1 aromatic heterocycles. The lowest BCUT2D eigenvalue weighted by Crippen LogP contribution is -2.07. The van der Waals surface area contributed by atoms with Crippen LogP contribution in [-0.2, 0) is 6.18 Å². The molecule has 0 amide bonds. The summed E-state index contributed by atoms with van der Waals surface area (Å²) >= 11 is 1.24. The van der Waals surface area contributed by atoms with E-state index < -0.39 is 17.6 Å². The molecule has 84 valence electrons. The van der Waals surface area contributed by atoms with E-state index in [-0.39, 0.29) is 0 Å². The van der Waals surface area contributed by atoms with Crippen molar-refractivity contribution in [3.8, 4) is 10.6 Å². The second-order valence-corrected chi connectivity index (χ2v) is 3.92. The normalized spacial score (nSPS) is 11.8. The quantitative estimate of drug-likeness (QED) is 0.695. The Kier molecular flexibility index (Phi) is 2.67. The third-order valence-corrected chi connectivity index (χ3v) is 2.78. The minimum absolute atomic E-state index is 0.348. The summed E-state index contributed by atoms with van der Waals surface area (Å²) in [5.41, 5.74) is -0.909. The SMILES string of the molecule is Fc1cc(-c2nccs2)ccc1C(F)(F)F. The van der Waals surface area contributed by atoms with Crippen LogP contribution in [0, 0.1) is 5.82 Å². The summed E-state index contributed by atoms with van der Waals surface area (Å²) in [6, 6.07) is 2.79. The van der Waals surface area contributed by atoms with Gasteiger partial charge in [-0.05, 0) is 12.1 Å². The van der Waals surface area contributed by atoms with Crippen molar-refractivity contribution in [2.45, 2.75) is 6.18 Å². The Balaban J connectivity index is 2.45. The molecule has 0 N–H and O–H groups in total. The zero-order valence-corrected chi connectivity index (χ0v) is 8.57. The molecule has 0 fully saturated rings. The third-order valence-electron chi connectivity index (χ3n) is 1.95. The van der Waals surface area contributed by atoms with Crippen LogP contribution in [0.4, 0.5) is 17.6 Å². The molecule has 1 aromatic carbocycles. The Hall–Kier alpha value is -1.43. The molecule has 0 aliphatic carbocycles. The van der Waals surface area contributed by atoms with Crippen LogP contribution in [0.15, 0.2) is 29.8 Å². The molecule has 2 rings (SSSR count). The van der Waals surface area contributed by atoms with Crippen molar-refractivity contribution in [3.05, 3.63) is 41.2 Å². The maximum absolute atomic E-state index is 13.2. The van der Waals surface area contributed by atoms with E-state index in [9.17, 15) is 17.6 Å². The molecule has 0 aliphatic heterocycles. The van der Waals surface area contributed by atoms with Gasteiger partial charge in [0.05, 0.1) is 5.56 Å². The van der Waals surface area contributed by atoms with Crippen LogP contribution in [0.25, 0.3) is 10.6 Å². The van der Waals surface area contributed by atoms with Crippen molar-refractivity contribution in [1.82, 2.24) is 4.98 Å². The second-order valence-electron chi connectivity index (χ2n) is 3.03. The van der Waals surface area contributed by atoms with E-state index in [1.165, 1.54) is 23.6 Å². The van der Waals surface area contributed by atoms with Crippen LogP contribution in [0.5, 0.6) is 0 Å². The van der Waals surface area contributed by atoms with Gasteiger partial charge in [-0.25, -0.2) is 9.37 Å². The van der Waals surface area contributed by atoms with Crippen molar-refractivity contribution in [2.24, 2.45) is 0 Å².